The van der Waals surface area contributed by atoms with E-state index in [-0.39, 0.29) is 11.4 Å². The topological polar surface area (TPSA) is 78.1 Å². The molecule has 0 aliphatic heterocycles. The van der Waals surface area contributed by atoms with Crippen LogP contribution < -0.4 is 11.5 Å². The first-order valence-electron chi connectivity index (χ1n) is 4.97. The van der Waals surface area contributed by atoms with Gasteiger partial charge in [0.2, 0.25) is 0 Å². The Balaban J connectivity index is 2.40. The van der Waals surface area contributed by atoms with Gasteiger partial charge in [0.05, 0.1) is 5.69 Å². The monoisotopic (exact) mass is 195 g/mol. The molecule has 4 nitrogen and oxygen atoms in total. The number of rotatable bonds is 1. The maximum Gasteiger partial charge on any atom is 0.292 e. The van der Waals surface area contributed by atoms with Crippen molar-refractivity contribution in [2.24, 2.45) is 11.1 Å². The van der Waals surface area contributed by atoms with E-state index >= 15 is 0 Å². The molecule has 0 spiro atoms. The fourth-order valence-electron chi connectivity index (χ4n) is 2.29. The van der Waals surface area contributed by atoms with E-state index in [1.54, 1.807) is 0 Å². The van der Waals surface area contributed by atoms with E-state index in [0.717, 1.165) is 24.3 Å². The molecule has 1 aliphatic carbocycles. The highest BCUT2D eigenvalue weighted by molar-refractivity contribution is 5.27. The molecule has 78 valence electrons. The molecule has 0 fully saturated rings. The van der Waals surface area contributed by atoms with Crippen molar-refractivity contribution in [2.45, 2.75) is 32.6 Å². The van der Waals surface area contributed by atoms with Crippen LogP contribution in [0.1, 0.15) is 37.6 Å². The van der Waals surface area contributed by atoms with Crippen LogP contribution in [-0.2, 0) is 6.42 Å². The lowest BCUT2D eigenvalue weighted by Crippen LogP contribution is -2.29. The van der Waals surface area contributed by atoms with Crippen LogP contribution in [-0.4, -0.2) is 11.5 Å². The number of nitrogens with zero attached hydrogens (tertiary/aromatic N) is 1. The average Bonchev–Trinajstić information content (AvgIpc) is 2.41. The van der Waals surface area contributed by atoms with Crippen LogP contribution in [0.25, 0.3) is 0 Å². The van der Waals surface area contributed by atoms with Gasteiger partial charge in [-0.1, -0.05) is 13.8 Å². The van der Waals surface area contributed by atoms with Crippen molar-refractivity contribution in [1.29, 1.82) is 0 Å². The number of hydrogen-bond acceptors (Lipinski definition) is 4. The molecule has 14 heavy (non-hydrogen) atoms. The fraction of sp³-hybridized carbons (Fsp3) is 0.700. The van der Waals surface area contributed by atoms with Crippen molar-refractivity contribution in [3.63, 3.8) is 0 Å². The second kappa shape index (κ2) is 2.98. The highest BCUT2D eigenvalue weighted by Gasteiger charge is 2.35. The van der Waals surface area contributed by atoms with Crippen molar-refractivity contribution in [3.8, 4) is 0 Å². The number of nitrogens with two attached hydrogens (primary N) is 2. The molecular formula is C10H17N3O. The van der Waals surface area contributed by atoms with Crippen LogP contribution >= 0.6 is 0 Å². The lowest BCUT2D eigenvalue weighted by molar-refractivity contribution is 0.256. The number of anilines is 1. The van der Waals surface area contributed by atoms with Gasteiger partial charge in [0.1, 0.15) is 5.76 Å². The second-order valence-corrected chi connectivity index (χ2v) is 4.84. The summed E-state index contributed by atoms with van der Waals surface area (Å²) >= 11 is 0. The summed E-state index contributed by atoms with van der Waals surface area (Å²) in [5.74, 6) is 1.23. The molecule has 0 amide bonds. The lowest BCUT2D eigenvalue weighted by Gasteiger charge is -2.32. The summed E-state index contributed by atoms with van der Waals surface area (Å²) in [7, 11) is 0. The number of aromatic nitrogens is 1. The number of fused-ring (bicyclic) bond motifs is 1. The molecule has 1 unspecified atom stereocenters. The van der Waals surface area contributed by atoms with Crippen molar-refractivity contribution in [3.05, 3.63) is 11.5 Å². The Bertz CT molecular complexity index is 343. The van der Waals surface area contributed by atoms with Gasteiger partial charge < -0.3 is 15.9 Å². The van der Waals surface area contributed by atoms with Crippen LogP contribution in [0.3, 0.4) is 0 Å². The van der Waals surface area contributed by atoms with E-state index in [0.29, 0.717) is 12.5 Å². The summed E-state index contributed by atoms with van der Waals surface area (Å²) in [6, 6.07) is 0.270. The molecule has 1 aromatic rings. The predicted molar refractivity (Wildman–Crippen MR) is 54.8 cm³/mol. The highest BCUT2D eigenvalue weighted by atomic mass is 16.4. The molecule has 1 atom stereocenters. The minimum atomic E-state index is 0.239. The molecule has 0 aromatic carbocycles. The number of hydrogen-bond donors (Lipinski definition) is 2. The molecule has 1 aromatic heterocycles. The molecule has 0 saturated carbocycles. The molecule has 4 N–H and O–H groups in total. The first-order valence-corrected chi connectivity index (χ1v) is 4.97. The Labute approximate surface area is 83.7 Å². The standard InChI is InChI=1S/C10H17N3O/c1-10(2)3-6(5-11)8-7(4-10)14-9(12)13-8/h6H,3-5,11H2,1-2H3,(H2,12,13). The van der Waals surface area contributed by atoms with Crippen LogP contribution in [0, 0.1) is 5.41 Å². The summed E-state index contributed by atoms with van der Waals surface area (Å²) < 4.78 is 5.38. The predicted octanol–water partition coefficient (Wildman–Crippen LogP) is 1.27. The number of oxazole rings is 1. The fourth-order valence-corrected chi connectivity index (χ4v) is 2.29. The van der Waals surface area contributed by atoms with Gasteiger partial charge in [0.25, 0.3) is 6.01 Å². The van der Waals surface area contributed by atoms with Gasteiger partial charge in [-0.2, -0.15) is 4.98 Å². The zero-order valence-corrected chi connectivity index (χ0v) is 8.71. The Morgan fingerprint density at radius 1 is 1.57 bits per heavy atom. The van der Waals surface area contributed by atoms with Crippen LogP contribution in [0.5, 0.6) is 0 Å². The zero-order chi connectivity index (χ0) is 10.3. The summed E-state index contributed by atoms with van der Waals surface area (Å²) in [6.45, 7) is 5.05. The smallest absolute Gasteiger partial charge is 0.292 e. The maximum absolute atomic E-state index is 5.73. The quantitative estimate of drug-likeness (QED) is 0.707. The third-order valence-corrected chi connectivity index (χ3v) is 2.85. The summed E-state index contributed by atoms with van der Waals surface area (Å²) in [4.78, 5) is 4.20. The molecule has 0 bridgehead atoms. The zero-order valence-electron chi connectivity index (χ0n) is 8.71. The molecule has 0 saturated heterocycles. The van der Waals surface area contributed by atoms with Crippen LogP contribution in [0.2, 0.25) is 0 Å². The highest BCUT2D eigenvalue weighted by Crippen LogP contribution is 2.41. The SMILES string of the molecule is CC1(C)Cc2oc(N)nc2C(CN)C1. The first-order chi connectivity index (χ1) is 6.52. The first kappa shape index (κ1) is 9.52. The van der Waals surface area contributed by atoms with Gasteiger partial charge in [-0.25, -0.2) is 0 Å². The molecule has 2 rings (SSSR count). The number of nitrogen functional groups attached to an aromatic ring is 1. The summed E-state index contributed by atoms with van der Waals surface area (Å²) in [5.41, 5.74) is 12.5. The lowest BCUT2D eigenvalue weighted by atomic mass is 9.73. The van der Waals surface area contributed by atoms with Crippen molar-refractivity contribution < 1.29 is 4.42 Å². The van der Waals surface area contributed by atoms with Gasteiger partial charge in [0, 0.05) is 18.9 Å². The van der Waals surface area contributed by atoms with E-state index in [2.05, 4.69) is 18.8 Å². The average molecular weight is 195 g/mol. The molecule has 0 radical (unpaired) electrons. The molecule has 4 heteroatoms. The largest absolute Gasteiger partial charge is 0.429 e. The Morgan fingerprint density at radius 2 is 2.29 bits per heavy atom. The Kier molecular flexibility index (Phi) is 2.03. The molecule has 1 heterocycles. The van der Waals surface area contributed by atoms with E-state index in [1.807, 2.05) is 0 Å². The Hall–Kier alpha value is -1.03. The summed E-state index contributed by atoms with van der Waals surface area (Å²) in [5, 5.41) is 0. The van der Waals surface area contributed by atoms with E-state index in [4.69, 9.17) is 15.9 Å². The second-order valence-electron chi connectivity index (χ2n) is 4.84. The van der Waals surface area contributed by atoms with Gasteiger partial charge in [-0.15, -0.1) is 0 Å². The van der Waals surface area contributed by atoms with E-state index in [1.165, 1.54) is 0 Å². The van der Waals surface area contributed by atoms with Crippen molar-refractivity contribution >= 4 is 6.01 Å². The van der Waals surface area contributed by atoms with Gasteiger partial charge in [0.15, 0.2) is 0 Å². The van der Waals surface area contributed by atoms with Crippen molar-refractivity contribution in [2.75, 3.05) is 12.3 Å². The normalized spacial score (nSPS) is 24.6. The minimum Gasteiger partial charge on any atom is -0.429 e. The van der Waals surface area contributed by atoms with Crippen molar-refractivity contribution in [1.82, 2.24) is 4.98 Å². The Morgan fingerprint density at radius 3 is 2.93 bits per heavy atom. The van der Waals surface area contributed by atoms with Crippen LogP contribution in [0.4, 0.5) is 6.01 Å². The maximum atomic E-state index is 5.73. The third kappa shape index (κ3) is 1.50. The minimum absolute atomic E-state index is 0.239. The van der Waals surface area contributed by atoms with Crippen LogP contribution in [0.15, 0.2) is 4.42 Å². The van der Waals surface area contributed by atoms with Gasteiger partial charge in [-0.3, -0.25) is 0 Å². The third-order valence-electron chi connectivity index (χ3n) is 2.85. The van der Waals surface area contributed by atoms with E-state index < -0.39 is 0 Å². The summed E-state index contributed by atoms with van der Waals surface area (Å²) in [6.07, 6.45) is 1.96. The molecule has 1 aliphatic rings. The van der Waals surface area contributed by atoms with Gasteiger partial charge in [-0.05, 0) is 11.8 Å². The van der Waals surface area contributed by atoms with E-state index in [9.17, 15) is 0 Å². The van der Waals surface area contributed by atoms with Gasteiger partial charge >= 0.3 is 0 Å². The molecular weight excluding hydrogens is 178 g/mol.